The van der Waals surface area contributed by atoms with Crippen LogP contribution in [0.4, 0.5) is 5.69 Å². The van der Waals surface area contributed by atoms with Gasteiger partial charge in [-0.05, 0) is 43.1 Å². The number of aromatic nitrogens is 2. The van der Waals surface area contributed by atoms with Crippen LogP contribution in [0.2, 0.25) is 0 Å². The Kier molecular flexibility index (Phi) is 2.93. The van der Waals surface area contributed by atoms with Gasteiger partial charge in [0.05, 0.1) is 0 Å². The third-order valence-corrected chi connectivity index (χ3v) is 3.92. The Morgan fingerprint density at radius 3 is 2.80 bits per heavy atom. The molecule has 1 heterocycles. The molecule has 78 valence electrons. The predicted molar refractivity (Wildman–Crippen MR) is 64.4 cm³/mol. The highest BCUT2D eigenvalue weighted by atomic mass is 32.2. The summed E-state index contributed by atoms with van der Waals surface area (Å²) >= 11 is 3.03. The maximum Gasteiger partial charge on any atom is 0.174 e. The molecule has 15 heavy (non-hydrogen) atoms. The maximum absolute atomic E-state index is 5.74. The third-order valence-electron chi connectivity index (χ3n) is 1.92. The van der Waals surface area contributed by atoms with Crippen molar-refractivity contribution in [3.8, 4) is 0 Å². The summed E-state index contributed by atoms with van der Waals surface area (Å²) in [6.07, 6.45) is 0. The lowest BCUT2D eigenvalue weighted by atomic mass is 10.2. The van der Waals surface area contributed by atoms with Crippen molar-refractivity contribution in [2.75, 3.05) is 5.73 Å². The maximum atomic E-state index is 5.74. The molecule has 0 aliphatic heterocycles. The number of nitrogens with two attached hydrogens (primary N) is 1. The summed E-state index contributed by atoms with van der Waals surface area (Å²) in [5, 5.41) is 0. The van der Waals surface area contributed by atoms with Crippen LogP contribution in [0.3, 0.4) is 0 Å². The molecule has 2 N–H and O–H groups in total. The van der Waals surface area contributed by atoms with E-state index in [1.807, 2.05) is 25.1 Å². The largest absolute Gasteiger partial charge is 0.399 e. The Labute approximate surface area is 96.9 Å². The summed E-state index contributed by atoms with van der Waals surface area (Å²) < 4.78 is 5.10. The van der Waals surface area contributed by atoms with Crippen molar-refractivity contribution in [3.63, 3.8) is 0 Å². The lowest BCUT2D eigenvalue weighted by molar-refractivity contribution is 1.10. The Bertz CT molecular complexity index is 479. The monoisotopic (exact) mass is 237 g/mol. The molecule has 0 atom stereocenters. The fourth-order valence-electron chi connectivity index (χ4n) is 1.14. The average molecular weight is 237 g/mol. The normalized spacial score (nSPS) is 10.5. The Morgan fingerprint density at radius 2 is 2.13 bits per heavy atom. The van der Waals surface area contributed by atoms with E-state index in [0.29, 0.717) is 0 Å². The summed E-state index contributed by atoms with van der Waals surface area (Å²) in [5.41, 5.74) is 7.73. The molecule has 0 bridgehead atoms. The molecular weight excluding hydrogens is 226 g/mol. The molecule has 0 radical (unpaired) electrons. The van der Waals surface area contributed by atoms with E-state index in [2.05, 4.69) is 16.3 Å². The van der Waals surface area contributed by atoms with Crippen LogP contribution in [0.25, 0.3) is 0 Å². The van der Waals surface area contributed by atoms with E-state index in [9.17, 15) is 0 Å². The zero-order valence-electron chi connectivity index (χ0n) is 8.52. The van der Waals surface area contributed by atoms with Gasteiger partial charge < -0.3 is 5.73 Å². The van der Waals surface area contributed by atoms with Crippen molar-refractivity contribution >= 4 is 29.0 Å². The number of rotatable bonds is 2. The molecule has 2 aromatic rings. The molecule has 0 aliphatic carbocycles. The predicted octanol–water partition coefficient (Wildman–Crippen LogP) is 2.89. The topological polar surface area (TPSA) is 51.8 Å². The van der Waals surface area contributed by atoms with Crippen LogP contribution in [0.1, 0.15) is 11.4 Å². The van der Waals surface area contributed by atoms with Crippen LogP contribution in [-0.2, 0) is 0 Å². The molecule has 1 aromatic heterocycles. The average Bonchev–Trinajstić information content (AvgIpc) is 2.58. The van der Waals surface area contributed by atoms with Crippen LogP contribution in [-0.4, -0.2) is 9.36 Å². The molecule has 0 saturated carbocycles. The molecule has 0 saturated heterocycles. The third kappa shape index (κ3) is 2.49. The van der Waals surface area contributed by atoms with Crippen molar-refractivity contribution in [2.45, 2.75) is 23.1 Å². The number of aryl methyl sites for hydroxylation is 2. The highest BCUT2D eigenvalue weighted by Crippen LogP contribution is 2.32. The lowest BCUT2D eigenvalue weighted by Gasteiger charge is -2.03. The first kappa shape index (κ1) is 10.4. The number of nitrogen functional groups attached to an aromatic ring is 1. The number of hydrogen-bond donors (Lipinski definition) is 1. The van der Waals surface area contributed by atoms with Gasteiger partial charge in [0, 0.05) is 10.6 Å². The van der Waals surface area contributed by atoms with Crippen LogP contribution in [0, 0.1) is 13.8 Å². The van der Waals surface area contributed by atoms with Gasteiger partial charge >= 0.3 is 0 Å². The van der Waals surface area contributed by atoms with Gasteiger partial charge in [-0.25, -0.2) is 4.98 Å². The van der Waals surface area contributed by atoms with Crippen molar-refractivity contribution < 1.29 is 0 Å². The first-order valence-electron chi connectivity index (χ1n) is 4.49. The second-order valence-electron chi connectivity index (χ2n) is 3.23. The molecule has 3 nitrogen and oxygen atoms in total. The molecule has 0 aliphatic rings. The Balaban J connectivity index is 2.27. The van der Waals surface area contributed by atoms with Gasteiger partial charge in [-0.3, -0.25) is 0 Å². The summed E-state index contributed by atoms with van der Waals surface area (Å²) in [6.45, 7) is 3.96. The van der Waals surface area contributed by atoms with E-state index >= 15 is 0 Å². The fourth-order valence-corrected chi connectivity index (χ4v) is 2.88. The minimum absolute atomic E-state index is 0.782. The van der Waals surface area contributed by atoms with E-state index in [1.54, 1.807) is 11.8 Å². The molecule has 0 unspecified atom stereocenters. The van der Waals surface area contributed by atoms with Crippen LogP contribution in [0.15, 0.2) is 27.4 Å². The Hall–Kier alpha value is -1.07. The van der Waals surface area contributed by atoms with Gasteiger partial charge in [0.2, 0.25) is 0 Å². The fraction of sp³-hybridized carbons (Fsp3) is 0.200. The summed E-state index contributed by atoms with van der Waals surface area (Å²) in [6, 6.07) is 5.90. The minimum atomic E-state index is 0.782. The Morgan fingerprint density at radius 1 is 1.33 bits per heavy atom. The quantitative estimate of drug-likeness (QED) is 0.816. The molecular formula is C10H11N3S2. The first-order chi connectivity index (χ1) is 7.15. The second-order valence-corrected chi connectivity index (χ2v) is 5.28. The van der Waals surface area contributed by atoms with E-state index in [-0.39, 0.29) is 0 Å². The number of hydrogen-bond acceptors (Lipinski definition) is 5. The molecule has 2 rings (SSSR count). The smallest absolute Gasteiger partial charge is 0.174 e. The standard InChI is InChI=1S/C10H11N3S2/c1-6-3-4-8(11)5-9(6)14-10-12-7(2)13-15-10/h3-5H,11H2,1-2H3. The van der Waals surface area contributed by atoms with E-state index < -0.39 is 0 Å². The minimum Gasteiger partial charge on any atom is -0.399 e. The van der Waals surface area contributed by atoms with Crippen LogP contribution >= 0.6 is 23.3 Å². The van der Waals surface area contributed by atoms with Gasteiger partial charge in [0.1, 0.15) is 5.82 Å². The van der Waals surface area contributed by atoms with Gasteiger partial charge in [-0.15, -0.1) is 0 Å². The zero-order valence-corrected chi connectivity index (χ0v) is 10.2. The molecule has 5 heteroatoms. The van der Waals surface area contributed by atoms with Crippen molar-refractivity contribution in [1.82, 2.24) is 9.36 Å². The molecule has 0 amide bonds. The highest BCUT2D eigenvalue weighted by Gasteiger charge is 2.05. The van der Waals surface area contributed by atoms with Crippen LogP contribution < -0.4 is 5.73 Å². The van der Waals surface area contributed by atoms with Gasteiger partial charge in [0.25, 0.3) is 0 Å². The summed E-state index contributed by atoms with van der Waals surface area (Å²) in [7, 11) is 0. The number of nitrogens with zero attached hydrogens (tertiary/aromatic N) is 2. The molecule has 0 fully saturated rings. The van der Waals surface area contributed by atoms with E-state index in [1.165, 1.54) is 17.1 Å². The van der Waals surface area contributed by atoms with Gasteiger partial charge in [-0.1, -0.05) is 17.8 Å². The summed E-state index contributed by atoms with van der Waals surface area (Å²) in [4.78, 5) is 5.45. The SMILES string of the molecule is Cc1nsc(Sc2cc(N)ccc2C)n1. The number of anilines is 1. The molecule has 1 aromatic carbocycles. The lowest BCUT2D eigenvalue weighted by Crippen LogP contribution is -1.86. The first-order valence-corrected chi connectivity index (χ1v) is 6.08. The second kappa shape index (κ2) is 4.20. The van der Waals surface area contributed by atoms with E-state index in [0.717, 1.165) is 20.7 Å². The van der Waals surface area contributed by atoms with Crippen molar-refractivity contribution in [3.05, 3.63) is 29.6 Å². The van der Waals surface area contributed by atoms with E-state index in [4.69, 9.17) is 5.73 Å². The van der Waals surface area contributed by atoms with Crippen molar-refractivity contribution in [1.29, 1.82) is 0 Å². The zero-order chi connectivity index (χ0) is 10.8. The number of benzene rings is 1. The van der Waals surface area contributed by atoms with Crippen LogP contribution in [0.5, 0.6) is 0 Å². The molecule has 0 spiro atoms. The van der Waals surface area contributed by atoms with Gasteiger partial charge in [-0.2, -0.15) is 4.37 Å². The highest BCUT2D eigenvalue weighted by molar-refractivity contribution is 8.01. The van der Waals surface area contributed by atoms with Crippen molar-refractivity contribution in [2.24, 2.45) is 0 Å². The van der Waals surface area contributed by atoms with Gasteiger partial charge in [0.15, 0.2) is 4.34 Å². The summed E-state index contributed by atoms with van der Waals surface area (Å²) in [5.74, 6) is 0.823.